The van der Waals surface area contributed by atoms with Gasteiger partial charge in [-0.1, -0.05) is 26.0 Å². The van der Waals surface area contributed by atoms with Gasteiger partial charge in [0.25, 0.3) is 0 Å². The van der Waals surface area contributed by atoms with Crippen molar-refractivity contribution in [3.05, 3.63) is 42.4 Å². The number of alkyl halides is 3. The van der Waals surface area contributed by atoms with Crippen molar-refractivity contribution in [3.8, 4) is 11.4 Å². The molecule has 3 aromatic rings. The molecule has 0 saturated carbocycles. The number of hydrogen-bond donors (Lipinski definition) is 0. The van der Waals surface area contributed by atoms with Crippen LogP contribution in [0.1, 0.15) is 32.3 Å². The molecule has 0 N–H and O–H groups in total. The number of nitrogens with zero attached hydrogens (tertiary/aromatic N) is 5. The molecule has 0 aliphatic heterocycles. The van der Waals surface area contributed by atoms with Gasteiger partial charge in [0.05, 0.1) is 18.1 Å². The molecule has 29 heavy (non-hydrogen) atoms. The van der Waals surface area contributed by atoms with E-state index in [1.165, 1.54) is 24.7 Å². The summed E-state index contributed by atoms with van der Waals surface area (Å²) in [7, 11) is 0. The SMILES string of the molecule is CCCN(CCC)C(=O)Cn1cnc2cnc(-c3ccc(C(F)(F)F)cc3)nc21. The van der Waals surface area contributed by atoms with Gasteiger partial charge in [-0.05, 0) is 25.0 Å². The third kappa shape index (κ3) is 4.72. The second kappa shape index (κ2) is 8.59. The summed E-state index contributed by atoms with van der Waals surface area (Å²) in [6.07, 6.45) is 0.383. The molecule has 0 bridgehead atoms. The van der Waals surface area contributed by atoms with Crippen molar-refractivity contribution in [1.82, 2.24) is 24.4 Å². The Morgan fingerprint density at radius 1 is 1.07 bits per heavy atom. The monoisotopic (exact) mass is 405 g/mol. The Balaban J connectivity index is 1.87. The van der Waals surface area contributed by atoms with Crippen LogP contribution in [0.2, 0.25) is 0 Å². The number of carbonyl (C=O) groups is 1. The molecule has 9 heteroatoms. The second-order valence-corrected chi connectivity index (χ2v) is 6.73. The Hall–Kier alpha value is -2.97. The highest BCUT2D eigenvalue weighted by atomic mass is 19.4. The maximum Gasteiger partial charge on any atom is 0.416 e. The smallest absolute Gasteiger partial charge is 0.341 e. The number of hydrogen-bond acceptors (Lipinski definition) is 4. The molecule has 6 nitrogen and oxygen atoms in total. The van der Waals surface area contributed by atoms with Gasteiger partial charge >= 0.3 is 6.18 Å². The average molecular weight is 405 g/mol. The van der Waals surface area contributed by atoms with E-state index in [9.17, 15) is 18.0 Å². The summed E-state index contributed by atoms with van der Waals surface area (Å²) in [6.45, 7) is 5.51. The van der Waals surface area contributed by atoms with Gasteiger partial charge in [0.2, 0.25) is 5.91 Å². The molecule has 0 aliphatic rings. The molecule has 0 atom stereocenters. The highest BCUT2D eigenvalue weighted by Gasteiger charge is 2.30. The normalized spacial score (nSPS) is 11.8. The van der Waals surface area contributed by atoms with E-state index >= 15 is 0 Å². The molecular weight excluding hydrogens is 383 g/mol. The van der Waals surface area contributed by atoms with E-state index in [1.54, 1.807) is 4.57 Å². The average Bonchev–Trinajstić information content (AvgIpc) is 3.09. The minimum Gasteiger partial charge on any atom is -0.341 e. The fourth-order valence-electron chi connectivity index (χ4n) is 3.07. The summed E-state index contributed by atoms with van der Waals surface area (Å²) in [6, 6.07) is 4.66. The van der Waals surface area contributed by atoms with E-state index in [0.717, 1.165) is 25.0 Å². The summed E-state index contributed by atoms with van der Waals surface area (Å²) in [5.41, 5.74) is 0.713. The van der Waals surface area contributed by atoms with E-state index < -0.39 is 11.7 Å². The molecule has 2 aromatic heterocycles. The molecular formula is C20H22F3N5O. The molecule has 1 amide bonds. The van der Waals surface area contributed by atoms with Crippen LogP contribution in [0.25, 0.3) is 22.6 Å². The lowest BCUT2D eigenvalue weighted by atomic mass is 10.1. The predicted octanol–water partition coefficient (Wildman–Crippen LogP) is 4.16. The molecule has 0 fully saturated rings. The Labute approximate surface area is 166 Å². The minimum absolute atomic E-state index is 0.0253. The van der Waals surface area contributed by atoms with Crippen LogP contribution in [0.15, 0.2) is 36.8 Å². The van der Waals surface area contributed by atoms with Crippen molar-refractivity contribution in [2.75, 3.05) is 13.1 Å². The van der Waals surface area contributed by atoms with Crippen LogP contribution in [0.4, 0.5) is 13.2 Å². The zero-order valence-corrected chi connectivity index (χ0v) is 16.3. The summed E-state index contributed by atoms with van der Waals surface area (Å²) in [4.78, 5) is 27.3. The number of imidazole rings is 1. The van der Waals surface area contributed by atoms with Crippen molar-refractivity contribution < 1.29 is 18.0 Å². The fourth-order valence-corrected chi connectivity index (χ4v) is 3.07. The van der Waals surface area contributed by atoms with Crippen molar-refractivity contribution in [3.63, 3.8) is 0 Å². The summed E-state index contributed by atoms with van der Waals surface area (Å²) in [5, 5.41) is 0. The van der Waals surface area contributed by atoms with Crippen LogP contribution in [0, 0.1) is 0 Å². The van der Waals surface area contributed by atoms with Crippen LogP contribution < -0.4 is 0 Å². The highest BCUT2D eigenvalue weighted by Crippen LogP contribution is 2.30. The first kappa shape index (κ1) is 20.8. The highest BCUT2D eigenvalue weighted by molar-refractivity contribution is 5.79. The van der Waals surface area contributed by atoms with Gasteiger partial charge in [0.15, 0.2) is 11.5 Å². The molecule has 0 spiro atoms. The van der Waals surface area contributed by atoms with E-state index in [0.29, 0.717) is 29.8 Å². The van der Waals surface area contributed by atoms with Gasteiger partial charge in [-0.3, -0.25) is 4.79 Å². The minimum atomic E-state index is -4.40. The van der Waals surface area contributed by atoms with E-state index in [2.05, 4.69) is 15.0 Å². The molecule has 0 saturated heterocycles. The molecule has 0 unspecified atom stereocenters. The van der Waals surface area contributed by atoms with Gasteiger partial charge < -0.3 is 9.47 Å². The second-order valence-electron chi connectivity index (χ2n) is 6.73. The first-order chi connectivity index (χ1) is 13.8. The Kier molecular flexibility index (Phi) is 6.14. The number of aromatic nitrogens is 4. The third-order valence-electron chi connectivity index (χ3n) is 4.47. The number of rotatable bonds is 7. The zero-order valence-electron chi connectivity index (χ0n) is 16.3. The Morgan fingerprint density at radius 3 is 2.31 bits per heavy atom. The first-order valence-electron chi connectivity index (χ1n) is 9.46. The number of halogens is 3. The van der Waals surface area contributed by atoms with Gasteiger partial charge in [-0.25, -0.2) is 15.0 Å². The van der Waals surface area contributed by atoms with Crippen LogP contribution in [0.3, 0.4) is 0 Å². The lowest BCUT2D eigenvalue weighted by Gasteiger charge is -2.21. The molecule has 3 rings (SSSR count). The lowest BCUT2D eigenvalue weighted by molar-refractivity contribution is -0.137. The van der Waals surface area contributed by atoms with Crippen LogP contribution >= 0.6 is 0 Å². The van der Waals surface area contributed by atoms with Crippen molar-refractivity contribution >= 4 is 17.1 Å². The Bertz CT molecular complexity index is 976. The zero-order chi connectivity index (χ0) is 21.0. The van der Waals surface area contributed by atoms with Crippen molar-refractivity contribution in [1.29, 1.82) is 0 Å². The van der Waals surface area contributed by atoms with Crippen LogP contribution in [-0.4, -0.2) is 43.4 Å². The summed E-state index contributed by atoms with van der Waals surface area (Å²) >= 11 is 0. The third-order valence-corrected chi connectivity index (χ3v) is 4.47. The van der Waals surface area contributed by atoms with Crippen LogP contribution in [-0.2, 0) is 17.5 Å². The van der Waals surface area contributed by atoms with Gasteiger partial charge in [0, 0.05) is 18.7 Å². The summed E-state index contributed by atoms with van der Waals surface area (Å²) in [5.74, 6) is 0.252. The molecule has 1 aromatic carbocycles. The standard InChI is InChI=1S/C20H22F3N5O/c1-3-9-27(10-4-2)17(29)12-28-13-25-16-11-24-18(26-19(16)28)14-5-7-15(8-6-14)20(21,22)23/h5-8,11,13H,3-4,9-10,12H2,1-2H3. The largest absolute Gasteiger partial charge is 0.416 e. The molecule has 2 heterocycles. The van der Waals surface area contributed by atoms with Crippen LogP contribution in [0.5, 0.6) is 0 Å². The topological polar surface area (TPSA) is 63.9 Å². The molecule has 0 aliphatic carbocycles. The van der Waals surface area contributed by atoms with E-state index in [1.807, 2.05) is 18.7 Å². The van der Waals surface area contributed by atoms with Gasteiger partial charge in [-0.15, -0.1) is 0 Å². The van der Waals surface area contributed by atoms with Gasteiger partial charge in [-0.2, -0.15) is 13.2 Å². The predicted molar refractivity (Wildman–Crippen MR) is 103 cm³/mol. The summed E-state index contributed by atoms with van der Waals surface area (Å²) < 4.78 is 39.9. The number of benzene rings is 1. The van der Waals surface area contributed by atoms with E-state index in [4.69, 9.17) is 0 Å². The maximum atomic E-state index is 12.8. The maximum absolute atomic E-state index is 12.8. The first-order valence-corrected chi connectivity index (χ1v) is 9.46. The van der Waals surface area contributed by atoms with Gasteiger partial charge in [0.1, 0.15) is 12.1 Å². The number of carbonyl (C=O) groups excluding carboxylic acids is 1. The van der Waals surface area contributed by atoms with Crippen molar-refractivity contribution in [2.24, 2.45) is 0 Å². The molecule has 0 radical (unpaired) electrons. The fraction of sp³-hybridized carbons (Fsp3) is 0.400. The molecule has 154 valence electrons. The number of fused-ring (bicyclic) bond motifs is 1. The van der Waals surface area contributed by atoms with Crippen molar-refractivity contribution in [2.45, 2.75) is 39.4 Å². The van der Waals surface area contributed by atoms with E-state index in [-0.39, 0.29) is 18.3 Å². The number of amides is 1. The lowest BCUT2D eigenvalue weighted by Crippen LogP contribution is -2.35. The quantitative estimate of drug-likeness (QED) is 0.592. The Morgan fingerprint density at radius 2 is 1.72 bits per heavy atom.